The highest BCUT2D eigenvalue weighted by molar-refractivity contribution is 7.98. The summed E-state index contributed by atoms with van der Waals surface area (Å²) in [5.41, 5.74) is 0.960. The highest BCUT2D eigenvalue weighted by atomic mass is 32.2. The Balaban J connectivity index is 1.77. The number of morpholine rings is 1. The normalized spacial score (nSPS) is 15.7. The van der Waals surface area contributed by atoms with E-state index in [9.17, 15) is 9.18 Å². The van der Waals surface area contributed by atoms with Crippen molar-refractivity contribution >= 4 is 17.7 Å². The molecule has 146 valence electrons. The fraction of sp³-hybridized carbons (Fsp3) is 0.474. The Morgan fingerprint density at radius 3 is 2.59 bits per heavy atom. The van der Waals surface area contributed by atoms with Gasteiger partial charge in [-0.3, -0.25) is 14.3 Å². The molecule has 1 fully saturated rings. The minimum absolute atomic E-state index is 0.178. The van der Waals surface area contributed by atoms with Crippen LogP contribution in [0.15, 0.2) is 35.6 Å². The molecule has 1 aromatic heterocycles. The smallest absolute Gasteiger partial charge is 0.270 e. The Morgan fingerprint density at radius 1 is 1.30 bits per heavy atom. The summed E-state index contributed by atoms with van der Waals surface area (Å²) in [6, 6.07) is 6.04. The molecule has 1 amide bonds. The quantitative estimate of drug-likeness (QED) is 0.766. The predicted molar refractivity (Wildman–Crippen MR) is 104 cm³/mol. The number of nitrogens with zero attached hydrogens (tertiary/aromatic N) is 3. The maximum atomic E-state index is 13.3. The number of rotatable bonds is 6. The van der Waals surface area contributed by atoms with E-state index >= 15 is 0 Å². The molecule has 27 heavy (non-hydrogen) atoms. The number of aromatic nitrogens is 2. The van der Waals surface area contributed by atoms with Gasteiger partial charge in [-0.15, -0.1) is 0 Å². The van der Waals surface area contributed by atoms with Gasteiger partial charge in [0.2, 0.25) is 0 Å². The molecule has 0 saturated carbocycles. The SMILES string of the molecule is CSc1ncc(C(=O)NCC(C)(C)N2CCOCC2)n1-c1ccc(F)cc1. The van der Waals surface area contributed by atoms with Crippen LogP contribution in [-0.2, 0) is 4.74 Å². The second-order valence-electron chi connectivity index (χ2n) is 7.04. The number of nitrogens with one attached hydrogen (secondary N) is 1. The number of amides is 1. The summed E-state index contributed by atoms with van der Waals surface area (Å²) in [5, 5.41) is 3.71. The highest BCUT2D eigenvalue weighted by Gasteiger charge is 2.29. The largest absolute Gasteiger partial charge is 0.379 e. The molecule has 8 heteroatoms. The zero-order valence-corrected chi connectivity index (χ0v) is 16.7. The number of hydrogen-bond donors (Lipinski definition) is 1. The lowest BCUT2D eigenvalue weighted by Gasteiger charge is -2.40. The van der Waals surface area contributed by atoms with E-state index in [-0.39, 0.29) is 17.3 Å². The van der Waals surface area contributed by atoms with E-state index in [2.05, 4.69) is 29.0 Å². The van der Waals surface area contributed by atoms with Gasteiger partial charge in [0.1, 0.15) is 11.5 Å². The van der Waals surface area contributed by atoms with Crippen molar-refractivity contribution in [3.8, 4) is 5.69 Å². The minimum Gasteiger partial charge on any atom is -0.379 e. The number of carbonyl (C=O) groups is 1. The van der Waals surface area contributed by atoms with Crippen LogP contribution in [-0.4, -0.2) is 65.0 Å². The van der Waals surface area contributed by atoms with Crippen molar-refractivity contribution in [2.75, 3.05) is 39.1 Å². The molecule has 1 aliphatic rings. The zero-order chi connectivity index (χ0) is 19.4. The van der Waals surface area contributed by atoms with Crippen LogP contribution in [0.4, 0.5) is 4.39 Å². The molecule has 1 N–H and O–H groups in total. The molecule has 2 aromatic rings. The highest BCUT2D eigenvalue weighted by Crippen LogP contribution is 2.22. The molecule has 1 aliphatic heterocycles. The summed E-state index contributed by atoms with van der Waals surface area (Å²) in [6.07, 6.45) is 3.46. The van der Waals surface area contributed by atoms with Gasteiger partial charge in [-0.2, -0.15) is 0 Å². The summed E-state index contributed by atoms with van der Waals surface area (Å²) in [7, 11) is 0. The van der Waals surface area contributed by atoms with Crippen LogP contribution >= 0.6 is 11.8 Å². The number of imidazole rings is 1. The molecule has 1 aromatic carbocycles. The Morgan fingerprint density at radius 2 is 1.96 bits per heavy atom. The molecule has 1 saturated heterocycles. The van der Waals surface area contributed by atoms with Crippen molar-refractivity contribution < 1.29 is 13.9 Å². The van der Waals surface area contributed by atoms with Crippen molar-refractivity contribution in [3.63, 3.8) is 0 Å². The van der Waals surface area contributed by atoms with E-state index in [4.69, 9.17) is 4.74 Å². The Bertz CT molecular complexity index is 786. The molecule has 6 nitrogen and oxygen atoms in total. The lowest BCUT2D eigenvalue weighted by Crippen LogP contribution is -2.55. The van der Waals surface area contributed by atoms with Gasteiger partial charge >= 0.3 is 0 Å². The van der Waals surface area contributed by atoms with Gasteiger partial charge in [-0.25, -0.2) is 9.37 Å². The molecule has 0 atom stereocenters. The van der Waals surface area contributed by atoms with Gasteiger partial charge in [0, 0.05) is 30.9 Å². The van der Waals surface area contributed by atoms with E-state index in [1.54, 1.807) is 22.9 Å². The molecule has 2 heterocycles. The van der Waals surface area contributed by atoms with E-state index < -0.39 is 0 Å². The summed E-state index contributed by atoms with van der Waals surface area (Å²) >= 11 is 1.44. The number of ether oxygens (including phenoxy) is 1. The third-order valence-electron chi connectivity index (χ3n) is 4.78. The summed E-state index contributed by atoms with van der Waals surface area (Å²) < 4.78 is 20.4. The maximum absolute atomic E-state index is 13.3. The Kier molecular flexibility index (Phi) is 6.18. The molecular formula is C19H25FN4O2S. The number of benzene rings is 1. The van der Waals surface area contributed by atoms with E-state index in [1.807, 2.05) is 6.26 Å². The first-order chi connectivity index (χ1) is 12.9. The first-order valence-corrected chi connectivity index (χ1v) is 10.1. The van der Waals surface area contributed by atoms with Crippen molar-refractivity contribution in [1.82, 2.24) is 19.8 Å². The van der Waals surface area contributed by atoms with Gasteiger partial charge in [-0.1, -0.05) is 11.8 Å². The molecule has 3 rings (SSSR count). The molecule has 0 bridgehead atoms. The van der Waals surface area contributed by atoms with Crippen LogP contribution in [0.1, 0.15) is 24.3 Å². The Hall–Kier alpha value is -1.90. The second-order valence-corrected chi connectivity index (χ2v) is 7.81. The van der Waals surface area contributed by atoms with Gasteiger partial charge in [0.15, 0.2) is 5.16 Å². The Labute approximate surface area is 163 Å². The molecule has 0 radical (unpaired) electrons. The molecule has 0 spiro atoms. The summed E-state index contributed by atoms with van der Waals surface area (Å²) in [6.45, 7) is 7.87. The average molecular weight is 393 g/mol. The minimum atomic E-state index is -0.317. The zero-order valence-electron chi connectivity index (χ0n) is 15.9. The van der Waals surface area contributed by atoms with Crippen LogP contribution in [0.5, 0.6) is 0 Å². The summed E-state index contributed by atoms with van der Waals surface area (Å²) in [4.78, 5) is 19.5. The van der Waals surface area contributed by atoms with Crippen molar-refractivity contribution in [3.05, 3.63) is 42.0 Å². The number of thioether (sulfide) groups is 1. The van der Waals surface area contributed by atoms with Crippen molar-refractivity contribution in [2.24, 2.45) is 0 Å². The van der Waals surface area contributed by atoms with Gasteiger partial charge < -0.3 is 10.1 Å². The number of hydrogen-bond acceptors (Lipinski definition) is 5. The van der Waals surface area contributed by atoms with E-state index in [0.29, 0.717) is 36.3 Å². The van der Waals surface area contributed by atoms with Gasteiger partial charge in [0.25, 0.3) is 5.91 Å². The van der Waals surface area contributed by atoms with E-state index in [1.165, 1.54) is 23.9 Å². The molecule has 0 unspecified atom stereocenters. The molecule has 0 aliphatic carbocycles. The van der Waals surface area contributed by atoms with Gasteiger partial charge in [-0.05, 0) is 44.4 Å². The van der Waals surface area contributed by atoms with Crippen LogP contribution in [0.25, 0.3) is 5.69 Å². The van der Waals surface area contributed by atoms with Gasteiger partial charge in [0.05, 0.1) is 19.4 Å². The van der Waals surface area contributed by atoms with Crippen LogP contribution in [0.3, 0.4) is 0 Å². The topological polar surface area (TPSA) is 59.4 Å². The predicted octanol–water partition coefficient (Wildman–Crippen LogP) is 2.57. The van der Waals surface area contributed by atoms with Crippen LogP contribution in [0.2, 0.25) is 0 Å². The van der Waals surface area contributed by atoms with Crippen LogP contribution in [0, 0.1) is 5.82 Å². The fourth-order valence-corrected chi connectivity index (χ4v) is 3.69. The third-order valence-corrected chi connectivity index (χ3v) is 5.43. The first-order valence-electron chi connectivity index (χ1n) is 8.91. The van der Waals surface area contributed by atoms with Crippen molar-refractivity contribution in [1.29, 1.82) is 0 Å². The monoisotopic (exact) mass is 392 g/mol. The third kappa shape index (κ3) is 4.51. The van der Waals surface area contributed by atoms with Crippen molar-refractivity contribution in [2.45, 2.75) is 24.5 Å². The lowest BCUT2D eigenvalue weighted by atomic mass is 10.0. The average Bonchev–Trinajstić information content (AvgIpc) is 3.11. The second kappa shape index (κ2) is 8.41. The number of carbonyl (C=O) groups excluding carboxylic acids is 1. The molecular weight excluding hydrogens is 367 g/mol. The maximum Gasteiger partial charge on any atom is 0.270 e. The standard InChI is InChI=1S/C19H25FN4O2S/c1-19(2,23-8-10-26-11-9-23)13-22-17(25)16-12-21-18(27-3)24(16)15-6-4-14(20)5-7-15/h4-7,12H,8-11,13H2,1-3H3,(H,22,25). The summed E-state index contributed by atoms with van der Waals surface area (Å²) in [5.74, 6) is -0.517. The van der Waals surface area contributed by atoms with E-state index in [0.717, 1.165) is 13.1 Å². The lowest BCUT2D eigenvalue weighted by molar-refractivity contribution is -0.00925. The number of halogens is 1. The first kappa shape index (κ1) is 19.9. The van der Waals surface area contributed by atoms with Crippen LogP contribution < -0.4 is 5.32 Å². The fourth-order valence-electron chi connectivity index (χ4n) is 3.15.